The van der Waals surface area contributed by atoms with E-state index in [0.717, 1.165) is 12.8 Å². The molecule has 4 aliphatic carbocycles. The summed E-state index contributed by atoms with van der Waals surface area (Å²) in [6.45, 7) is 23.0. The van der Waals surface area contributed by atoms with Gasteiger partial charge in [-0.15, -0.1) is 0 Å². The van der Waals surface area contributed by atoms with Gasteiger partial charge < -0.3 is 0 Å². The van der Waals surface area contributed by atoms with E-state index in [9.17, 15) is 17.0 Å². The second kappa shape index (κ2) is 16.4. The molecule has 0 N–H and O–H groups in total. The van der Waals surface area contributed by atoms with Crippen LogP contribution in [-0.4, -0.2) is 5.92 Å². The van der Waals surface area contributed by atoms with Crippen molar-refractivity contribution in [1.82, 2.24) is 0 Å². The van der Waals surface area contributed by atoms with Crippen LogP contribution in [-0.2, 0) is 15.6 Å². The first-order valence-electron chi connectivity index (χ1n) is 24.1. The molecule has 0 nitrogen and oxygen atoms in total. The third kappa shape index (κ3) is 7.89. The molecule has 64 heavy (non-hydrogen) atoms. The molecule has 327 valence electrons. The molecule has 2 saturated carbocycles. The molecule has 0 aromatic heterocycles. The Morgan fingerprint density at radius 3 is 0.953 bits per heavy atom. The molecular formula is C60H65Cl2SiZr. The molecule has 6 aromatic rings. The van der Waals surface area contributed by atoms with Gasteiger partial charge in [0.05, 0.1) is 0 Å². The van der Waals surface area contributed by atoms with Crippen LogP contribution in [0.5, 0.6) is 0 Å². The van der Waals surface area contributed by atoms with E-state index in [-0.39, 0.29) is 7.25 Å². The fourth-order valence-electron chi connectivity index (χ4n) is 12.4. The fraction of sp³-hybridized carbons (Fsp3) is 0.333. The first-order valence-corrected chi connectivity index (χ1v) is 40.4. The summed E-state index contributed by atoms with van der Waals surface area (Å²) in [5.74, 6) is -0.502. The topological polar surface area (TPSA) is 0 Å². The van der Waals surface area contributed by atoms with Gasteiger partial charge in [-0.05, 0) is 0 Å². The number of halogens is 2. The van der Waals surface area contributed by atoms with Gasteiger partial charge in [-0.1, -0.05) is 0 Å². The van der Waals surface area contributed by atoms with Crippen LogP contribution in [0, 0.1) is 67.2 Å². The van der Waals surface area contributed by atoms with Crippen molar-refractivity contribution in [3.63, 3.8) is 0 Å². The Morgan fingerprint density at radius 1 is 0.422 bits per heavy atom. The number of hydrogen-bond donors (Lipinski definition) is 0. The number of fused-ring (bicyclic) bond motifs is 2. The third-order valence-electron chi connectivity index (χ3n) is 15.3. The first kappa shape index (κ1) is 44.3. The van der Waals surface area contributed by atoms with Crippen LogP contribution in [0.3, 0.4) is 0 Å². The zero-order chi connectivity index (χ0) is 45.0. The van der Waals surface area contributed by atoms with E-state index in [2.05, 4.69) is 178 Å². The predicted molar refractivity (Wildman–Crippen MR) is 279 cm³/mol. The van der Waals surface area contributed by atoms with Crippen LogP contribution in [0.25, 0.3) is 56.7 Å². The summed E-state index contributed by atoms with van der Waals surface area (Å²) < 4.78 is 0.00784. The van der Waals surface area contributed by atoms with Crippen molar-refractivity contribution in [2.45, 2.75) is 114 Å². The minimum absolute atomic E-state index is 0.00392. The molecule has 4 aliphatic rings. The average Bonchev–Trinajstić information content (AvgIpc) is 4.13. The molecule has 2 unspecified atom stereocenters. The SMILES string of the molecule is Cc1cc(C)cc(-c2ccc(-c3cc(C)cc(C)c3)c3c2C=C(CC2CC2)[CH]3[Zr]([Cl])([Cl])([CH]2C(CC3CC3)=Cc3c(-c4cc(C)cc(C)c4)ccc(-c4cc(C)cc(C)c4)c32)[SiH](C)C)c1. The third-order valence-corrected chi connectivity index (χ3v) is 67.1. The Bertz CT molecular complexity index is 2700. The van der Waals surface area contributed by atoms with E-state index in [0.29, 0.717) is 11.8 Å². The van der Waals surface area contributed by atoms with E-state index in [1.165, 1.54) is 148 Å². The van der Waals surface area contributed by atoms with Crippen LogP contribution in [0.4, 0.5) is 0 Å². The van der Waals surface area contributed by atoms with Crippen molar-refractivity contribution in [2.75, 3.05) is 0 Å². The molecule has 0 heterocycles. The van der Waals surface area contributed by atoms with Crippen molar-refractivity contribution in [3.8, 4) is 44.5 Å². The van der Waals surface area contributed by atoms with Crippen molar-refractivity contribution in [2.24, 2.45) is 11.8 Å². The molecule has 10 rings (SSSR count). The van der Waals surface area contributed by atoms with Gasteiger partial charge in [-0.25, -0.2) is 0 Å². The summed E-state index contributed by atoms with van der Waals surface area (Å²) in [7, 11) is 19.0. The van der Waals surface area contributed by atoms with Gasteiger partial charge in [0.25, 0.3) is 0 Å². The quantitative estimate of drug-likeness (QED) is 0.114. The second-order valence-corrected chi connectivity index (χ2v) is 64.0. The van der Waals surface area contributed by atoms with Crippen LogP contribution in [0.1, 0.15) is 113 Å². The number of aryl methyl sites for hydroxylation is 8. The molecule has 0 bridgehead atoms. The second-order valence-electron chi connectivity index (χ2n) is 21.5. The van der Waals surface area contributed by atoms with Gasteiger partial charge >= 0.3 is 396 Å². The standard InChI is InChI=1S/2C29H29.C2H7Si.2ClH.Zr/c2*1-18-9-19(2)12-24(11-18)26-7-8-27(25-13-20(3)10-21(4)14-25)29-17-23(16-28(26)29)15-22-5-6-22;1-3-2;;;/h2*7-14,16-17,22H,5-6,15H2,1-4H3;3H,1-2H3;2*1H;/q;;;;;+2/p-2. The number of benzene rings is 6. The van der Waals surface area contributed by atoms with Gasteiger partial charge in [-0.3, -0.25) is 0 Å². The first-order chi connectivity index (χ1) is 30.4. The number of allylic oxidation sites excluding steroid dienone is 2. The van der Waals surface area contributed by atoms with E-state index < -0.39 is 21.5 Å². The normalized spacial score (nSPS) is 18.7. The molecule has 0 aliphatic heterocycles. The molecule has 0 saturated heterocycles. The van der Waals surface area contributed by atoms with E-state index in [1.807, 2.05) is 0 Å². The summed E-state index contributed by atoms with van der Waals surface area (Å²) >= 11 is -5.36. The van der Waals surface area contributed by atoms with Crippen molar-refractivity contribution in [3.05, 3.63) is 175 Å². The summed E-state index contributed by atoms with van der Waals surface area (Å²) in [5.41, 5.74) is 29.4. The van der Waals surface area contributed by atoms with E-state index in [4.69, 9.17) is 0 Å². The summed E-state index contributed by atoms with van der Waals surface area (Å²) in [5, 5.41) is 0. The maximum absolute atomic E-state index is 9.49. The molecular weight excluding hydrogens is 911 g/mol. The molecule has 0 amide bonds. The molecule has 0 spiro atoms. The molecule has 0 radical (unpaired) electrons. The van der Waals surface area contributed by atoms with E-state index >= 15 is 0 Å². The molecule has 2 fully saturated rings. The summed E-state index contributed by atoms with van der Waals surface area (Å²) in [4.78, 5) is 0. The Kier molecular flexibility index (Phi) is 11.3. The zero-order valence-corrected chi connectivity index (χ0v) is 44.9. The Labute approximate surface area is 393 Å². The Morgan fingerprint density at radius 2 is 0.688 bits per heavy atom. The Hall–Kier alpha value is -3.52. The minimum atomic E-state index is -5.36. The van der Waals surface area contributed by atoms with Crippen molar-refractivity contribution < 1.29 is 15.6 Å². The zero-order valence-electron chi connectivity index (χ0n) is 39.8. The fourth-order valence-corrected chi connectivity index (χ4v) is 43.5. The Balaban J connectivity index is 1.32. The van der Waals surface area contributed by atoms with Crippen molar-refractivity contribution in [1.29, 1.82) is 0 Å². The summed E-state index contributed by atoms with van der Waals surface area (Å²) in [6.07, 6.45) is 12.6. The monoisotopic (exact) mass is 973 g/mol. The predicted octanol–water partition coefficient (Wildman–Crippen LogP) is 18.0. The van der Waals surface area contributed by atoms with Crippen LogP contribution in [0.2, 0.25) is 13.1 Å². The van der Waals surface area contributed by atoms with Crippen LogP contribution < -0.4 is 0 Å². The van der Waals surface area contributed by atoms with Gasteiger partial charge in [-0.2, -0.15) is 0 Å². The van der Waals surface area contributed by atoms with Gasteiger partial charge in [0.15, 0.2) is 0 Å². The van der Waals surface area contributed by atoms with Gasteiger partial charge in [0.1, 0.15) is 0 Å². The molecule has 4 heteroatoms. The molecule has 6 aromatic carbocycles. The molecule has 2 atom stereocenters. The summed E-state index contributed by atoms with van der Waals surface area (Å²) in [6, 6.07) is 38.2. The van der Waals surface area contributed by atoms with E-state index in [1.54, 1.807) is 0 Å². The van der Waals surface area contributed by atoms with Crippen LogP contribution in [0.15, 0.2) is 108 Å². The van der Waals surface area contributed by atoms with Gasteiger partial charge in [0.2, 0.25) is 0 Å². The van der Waals surface area contributed by atoms with Crippen molar-refractivity contribution >= 4 is 35.1 Å². The van der Waals surface area contributed by atoms with Gasteiger partial charge in [0, 0.05) is 0 Å². The number of hydrogen-bond acceptors (Lipinski definition) is 0. The van der Waals surface area contributed by atoms with Crippen LogP contribution >= 0.6 is 17.0 Å². The number of rotatable bonds is 11. The maximum atomic E-state index is 9.49. The average molecular weight is 976 g/mol.